The summed E-state index contributed by atoms with van der Waals surface area (Å²) in [6.45, 7) is 7.42. The predicted molar refractivity (Wildman–Crippen MR) is 187 cm³/mol. The second-order valence-corrected chi connectivity index (χ2v) is 13.7. The van der Waals surface area contributed by atoms with Gasteiger partial charge in [0.05, 0.1) is 18.3 Å². The van der Waals surface area contributed by atoms with Gasteiger partial charge in [-0.2, -0.15) is 0 Å². The summed E-state index contributed by atoms with van der Waals surface area (Å²) in [6.07, 6.45) is 5.18. The summed E-state index contributed by atoms with van der Waals surface area (Å²) in [4.78, 5) is 36.0. The third-order valence-corrected chi connectivity index (χ3v) is 10.2. The number of ether oxygens (including phenoxy) is 2. The number of likely N-dealkylation sites (tertiary alicyclic amines) is 2. The van der Waals surface area contributed by atoms with Crippen LogP contribution in [0.25, 0.3) is 11.2 Å². The Morgan fingerprint density at radius 3 is 1.80 bits per heavy atom. The van der Waals surface area contributed by atoms with Crippen LogP contribution < -0.4 is 31.2 Å². The minimum Gasteiger partial charge on any atom is -0.492 e. The molecule has 3 aliphatic heterocycles. The van der Waals surface area contributed by atoms with Crippen LogP contribution in [0.3, 0.4) is 0 Å². The summed E-state index contributed by atoms with van der Waals surface area (Å²) in [5.41, 5.74) is 0.336. The van der Waals surface area contributed by atoms with Crippen LogP contribution in [0.4, 0.5) is 8.78 Å². The third kappa shape index (κ3) is 7.91. The first-order valence-corrected chi connectivity index (χ1v) is 17.7. The molecule has 0 unspecified atom stereocenters. The molecule has 0 atom stereocenters. The lowest BCUT2D eigenvalue weighted by Crippen LogP contribution is -2.58. The zero-order valence-corrected chi connectivity index (χ0v) is 28.2. The number of halogens is 2. The second kappa shape index (κ2) is 15.4. The zero-order valence-electron chi connectivity index (χ0n) is 28.2. The van der Waals surface area contributed by atoms with Crippen molar-refractivity contribution < 1.29 is 18.3 Å². The maximum atomic E-state index is 13.6. The van der Waals surface area contributed by atoms with Crippen molar-refractivity contribution in [3.63, 3.8) is 0 Å². The van der Waals surface area contributed by atoms with Crippen LogP contribution in [-0.4, -0.2) is 102 Å². The summed E-state index contributed by atoms with van der Waals surface area (Å²) < 4.78 is 41.9. The van der Waals surface area contributed by atoms with E-state index in [1.54, 1.807) is 41.0 Å². The molecule has 11 nitrogen and oxygen atoms in total. The Kier molecular flexibility index (Phi) is 10.5. The molecule has 0 spiro atoms. The van der Waals surface area contributed by atoms with Crippen molar-refractivity contribution in [1.29, 1.82) is 0 Å². The highest BCUT2D eigenvalue weighted by Crippen LogP contribution is 2.32. The maximum absolute atomic E-state index is 13.6. The van der Waals surface area contributed by atoms with Gasteiger partial charge in [-0.1, -0.05) is 12.1 Å². The van der Waals surface area contributed by atoms with Crippen molar-refractivity contribution in [3.8, 4) is 11.5 Å². The molecule has 2 aromatic carbocycles. The number of nitrogens with one attached hydrogen (secondary N) is 2. The number of hydrogen-bond donors (Lipinski definition) is 2. The van der Waals surface area contributed by atoms with Crippen molar-refractivity contribution in [2.24, 2.45) is 0 Å². The molecule has 2 saturated heterocycles. The Hall–Kier alpha value is -4.17. The van der Waals surface area contributed by atoms with Crippen LogP contribution in [0.5, 0.6) is 11.5 Å². The van der Waals surface area contributed by atoms with Crippen LogP contribution in [0.1, 0.15) is 25.7 Å². The number of pyridine rings is 1. The second-order valence-electron chi connectivity index (χ2n) is 13.7. The van der Waals surface area contributed by atoms with Crippen LogP contribution in [0, 0.1) is 11.6 Å². The highest BCUT2D eigenvalue weighted by Gasteiger charge is 2.44. The molecule has 0 saturated carbocycles. The van der Waals surface area contributed by atoms with Crippen LogP contribution in [0.2, 0.25) is 0 Å². The average Bonchev–Trinajstić information content (AvgIpc) is 3.45. The van der Waals surface area contributed by atoms with E-state index < -0.39 is 5.54 Å². The van der Waals surface area contributed by atoms with Gasteiger partial charge in [-0.15, -0.1) is 0 Å². The first-order chi connectivity index (χ1) is 24.3. The van der Waals surface area contributed by atoms with Crippen molar-refractivity contribution >= 4 is 11.2 Å². The standard InChI is InChI=1S/C37H45F2N7O4/c38-27-3-1-5-31(21-27)49-19-13-40-29-9-15-43(16-10-29)24-37(26-45-34(47)8-7-33-36(45)46(37)35(48)23-42-33)25-44-17-11-30(12-18-44)41-14-20-50-32-6-2-4-28(39)22-32/h1-8,21-23,29-30,40-41H,9-20,24-26H2. The lowest BCUT2D eigenvalue weighted by atomic mass is 9.94. The van der Waals surface area contributed by atoms with Gasteiger partial charge in [-0.3, -0.25) is 18.7 Å². The minimum atomic E-state index is -0.621. The van der Waals surface area contributed by atoms with E-state index in [0.717, 1.165) is 51.9 Å². The molecule has 0 radical (unpaired) electrons. The van der Waals surface area contributed by atoms with Gasteiger partial charge in [0.15, 0.2) is 0 Å². The summed E-state index contributed by atoms with van der Waals surface area (Å²) in [7, 11) is 0. The number of nitrogens with zero attached hydrogens (tertiary/aromatic N) is 5. The molecule has 13 heteroatoms. The topological polar surface area (TPSA) is 106 Å². The number of aromatic nitrogens is 3. The Bertz CT molecular complexity index is 1810. The van der Waals surface area contributed by atoms with Gasteiger partial charge in [-0.05, 0) is 82.2 Å². The molecular formula is C37H45F2N7O4. The van der Waals surface area contributed by atoms with E-state index in [1.807, 2.05) is 4.57 Å². The summed E-state index contributed by atoms with van der Waals surface area (Å²) in [5.74, 6) is 0.426. The summed E-state index contributed by atoms with van der Waals surface area (Å²) >= 11 is 0. The molecule has 2 fully saturated rings. The number of hydrogen-bond acceptors (Lipinski definition) is 9. The van der Waals surface area contributed by atoms with Crippen molar-refractivity contribution in [2.75, 3.05) is 65.6 Å². The van der Waals surface area contributed by atoms with Crippen LogP contribution in [-0.2, 0) is 12.1 Å². The largest absolute Gasteiger partial charge is 0.492 e. The average molecular weight is 690 g/mol. The fourth-order valence-electron chi connectivity index (χ4n) is 7.85. The van der Waals surface area contributed by atoms with Gasteiger partial charge in [0.2, 0.25) is 0 Å². The lowest BCUT2D eigenvalue weighted by molar-refractivity contribution is 0.0681. The summed E-state index contributed by atoms with van der Waals surface area (Å²) in [6, 6.07) is 16.3. The Balaban J connectivity index is 0.965. The van der Waals surface area contributed by atoms with Gasteiger partial charge in [0.1, 0.15) is 47.5 Å². The van der Waals surface area contributed by atoms with E-state index in [9.17, 15) is 18.4 Å². The fraction of sp³-hybridized carbons (Fsp3) is 0.486. The van der Waals surface area contributed by atoms with Gasteiger partial charge < -0.3 is 29.9 Å². The normalized spacial score (nSPS) is 18.5. The Morgan fingerprint density at radius 2 is 1.28 bits per heavy atom. The molecule has 0 amide bonds. The minimum absolute atomic E-state index is 0.118. The molecule has 50 heavy (non-hydrogen) atoms. The van der Waals surface area contributed by atoms with Crippen molar-refractivity contribution in [3.05, 3.63) is 99.2 Å². The van der Waals surface area contributed by atoms with Crippen molar-refractivity contribution in [2.45, 2.75) is 49.9 Å². The van der Waals surface area contributed by atoms with E-state index in [1.165, 1.54) is 30.5 Å². The summed E-state index contributed by atoms with van der Waals surface area (Å²) in [5, 5.41) is 7.17. The predicted octanol–water partition coefficient (Wildman–Crippen LogP) is 2.81. The molecule has 0 bridgehead atoms. The number of rotatable bonds is 14. The monoisotopic (exact) mass is 689 g/mol. The van der Waals surface area contributed by atoms with Gasteiger partial charge in [0, 0.05) is 56.5 Å². The van der Waals surface area contributed by atoms with Crippen molar-refractivity contribution in [1.82, 2.24) is 34.6 Å². The van der Waals surface area contributed by atoms with E-state index in [4.69, 9.17) is 9.47 Å². The van der Waals surface area contributed by atoms with E-state index in [2.05, 4.69) is 25.4 Å². The Morgan fingerprint density at radius 1 is 0.740 bits per heavy atom. The molecule has 2 N–H and O–H groups in total. The molecule has 266 valence electrons. The molecule has 2 aromatic heterocycles. The third-order valence-electron chi connectivity index (χ3n) is 10.2. The zero-order chi connectivity index (χ0) is 34.5. The highest BCUT2D eigenvalue weighted by atomic mass is 19.1. The number of benzene rings is 2. The van der Waals surface area contributed by atoms with E-state index >= 15 is 0 Å². The van der Waals surface area contributed by atoms with Gasteiger partial charge >= 0.3 is 0 Å². The molecule has 7 rings (SSSR count). The van der Waals surface area contributed by atoms with Gasteiger partial charge in [-0.25, -0.2) is 13.8 Å². The SMILES string of the molecule is O=c1ccc2ncc(=O)n3c2n1CC3(CN1CCC(NCCOc2cccc(F)c2)CC1)CN1CCC(NCCOc2cccc(F)c2)CC1. The quantitative estimate of drug-likeness (QED) is 0.194. The molecular weight excluding hydrogens is 644 g/mol. The molecule has 3 aliphatic rings. The fourth-order valence-corrected chi connectivity index (χ4v) is 7.85. The Labute approximate surface area is 289 Å². The van der Waals surface area contributed by atoms with E-state index in [0.29, 0.717) is 80.7 Å². The smallest absolute Gasteiger partial charge is 0.271 e. The first-order valence-electron chi connectivity index (χ1n) is 17.7. The van der Waals surface area contributed by atoms with Crippen LogP contribution >= 0.6 is 0 Å². The van der Waals surface area contributed by atoms with E-state index in [-0.39, 0.29) is 22.8 Å². The molecule has 0 aliphatic carbocycles. The first kappa shape index (κ1) is 34.3. The highest BCUT2D eigenvalue weighted by molar-refractivity contribution is 5.71. The molecule has 4 aromatic rings. The van der Waals surface area contributed by atoms with Crippen LogP contribution in [0.15, 0.2) is 76.4 Å². The lowest BCUT2D eigenvalue weighted by Gasteiger charge is -2.43. The van der Waals surface area contributed by atoms with Gasteiger partial charge in [0.25, 0.3) is 11.1 Å². The molecule has 5 heterocycles. The number of piperidine rings is 2. The maximum Gasteiger partial charge on any atom is 0.271 e.